The lowest BCUT2D eigenvalue weighted by Gasteiger charge is -2.28. The van der Waals surface area contributed by atoms with Gasteiger partial charge in [-0.15, -0.1) is 0 Å². The molecule has 0 spiro atoms. The highest BCUT2D eigenvalue weighted by Gasteiger charge is 2.26. The molecule has 3 N–H and O–H groups in total. The number of hydrogen-bond acceptors (Lipinski definition) is 6. The van der Waals surface area contributed by atoms with Crippen LogP contribution in [-0.2, 0) is 0 Å². The fraction of sp³-hybridized carbons (Fsp3) is 0.375. The Morgan fingerprint density at radius 1 is 1.15 bits per heavy atom. The second-order valence-electron chi connectivity index (χ2n) is 8.92. The second kappa shape index (κ2) is 9.01. The van der Waals surface area contributed by atoms with Crippen LogP contribution in [0.3, 0.4) is 0 Å². The van der Waals surface area contributed by atoms with E-state index < -0.39 is 0 Å². The van der Waals surface area contributed by atoms with Crippen LogP contribution in [0, 0.1) is 0 Å². The number of carbonyl (C=O) groups is 1. The second-order valence-corrected chi connectivity index (χ2v) is 8.92. The number of nitrogens with zero attached hydrogens (tertiary/aromatic N) is 5. The van der Waals surface area contributed by atoms with E-state index in [1.54, 1.807) is 24.9 Å². The van der Waals surface area contributed by atoms with Gasteiger partial charge >= 0.3 is 0 Å². The molecule has 4 aromatic heterocycles. The van der Waals surface area contributed by atoms with Crippen LogP contribution in [0.5, 0.6) is 0 Å². The summed E-state index contributed by atoms with van der Waals surface area (Å²) in [6, 6.07) is 6.30. The summed E-state index contributed by atoms with van der Waals surface area (Å²) in [6.45, 7) is 4.13. The largest absolute Gasteiger partial charge is 0.380 e. The molecular weight excluding hydrogens is 416 g/mol. The maximum Gasteiger partial charge on any atom is 0.255 e. The number of aromatic nitrogens is 6. The molecule has 1 amide bonds. The highest BCUT2D eigenvalue weighted by atomic mass is 16.1. The molecular formula is C24H28N8O. The average molecular weight is 445 g/mol. The summed E-state index contributed by atoms with van der Waals surface area (Å²) >= 11 is 0. The Hall–Kier alpha value is -3.75. The van der Waals surface area contributed by atoms with Gasteiger partial charge in [0.05, 0.1) is 23.0 Å². The standard InChI is InChI=1S/C24H28N8O/c1-15(2)29-22-20(12-28-32-13-18(11-21(22)32)16-7-9-25-10-8-16)24(33)30-19-5-3-17(4-6-19)23-26-14-27-31-23/h7-15,17,19,29H,3-6H2,1-2H3,(H,30,33)(H,26,27,31). The smallest absolute Gasteiger partial charge is 0.255 e. The van der Waals surface area contributed by atoms with E-state index in [9.17, 15) is 4.79 Å². The summed E-state index contributed by atoms with van der Waals surface area (Å²) < 4.78 is 1.82. The molecule has 1 aliphatic carbocycles. The predicted octanol–water partition coefficient (Wildman–Crippen LogP) is 3.79. The zero-order chi connectivity index (χ0) is 22.8. The molecule has 4 aromatic rings. The lowest BCUT2D eigenvalue weighted by atomic mass is 9.85. The summed E-state index contributed by atoms with van der Waals surface area (Å²) in [4.78, 5) is 21.7. The molecule has 5 rings (SSSR count). The van der Waals surface area contributed by atoms with Gasteiger partial charge in [-0.05, 0) is 63.3 Å². The van der Waals surface area contributed by atoms with Crippen LogP contribution in [0.4, 0.5) is 5.69 Å². The van der Waals surface area contributed by atoms with Crippen LogP contribution < -0.4 is 10.6 Å². The van der Waals surface area contributed by atoms with E-state index in [1.807, 2.05) is 22.8 Å². The monoisotopic (exact) mass is 444 g/mol. The molecule has 33 heavy (non-hydrogen) atoms. The average Bonchev–Trinajstić information content (AvgIpc) is 3.50. The molecule has 1 aliphatic rings. The number of nitrogens with one attached hydrogen (secondary N) is 3. The van der Waals surface area contributed by atoms with Gasteiger partial charge in [0.25, 0.3) is 5.91 Å². The highest BCUT2D eigenvalue weighted by molar-refractivity contribution is 6.03. The molecule has 0 aliphatic heterocycles. The Morgan fingerprint density at radius 3 is 2.64 bits per heavy atom. The van der Waals surface area contributed by atoms with Crippen LogP contribution in [0.25, 0.3) is 16.6 Å². The topological polar surface area (TPSA) is 113 Å². The van der Waals surface area contributed by atoms with Gasteiger partial charge in [0.15, 0.2) is 0 Å². The lowest BCUT2D eigenvalue weighted by molar-refractivity contribution is 0.0926. The van der Waals surface area contributed by atoms with Gasteiger partial charge in [-0.1, -0.05) is 0 Å². The Labute approximate surface area is 192 Å². The van der Waals surface area contributed by atoms with E-state index in [1.165, 1.54) is 0 Å². The number of rotatable bonds is 6. The molecule has 0 saturated heterocycles. The van der Waals surface area contributed by atoms with Crippen molar-refractivity contribution in [1.29, 1.82) is 0 Å². The third kappa shape index (κ3) is 4.44. The van der Waals surface area contributed by atoms with Gasteiger partial charge in [0.2, 0.25) is 0 Å². The number of fused-ring (bicyclic) bond motifs is 1. The number of hydrogen-bond donors (Lipinski definition) is 3. The summed E-state index contributed by atoms with van der Waals surface area (Å²) in [5.41, 5.74) is 4.32. The molecule has 0 bridgehead atoms. The quantitative estimate of drug-likeness (QED) is 0.417. The number of carbonyl (C=O) groups excluding carboxylic acids is 1. The zero-order valence-electron chi connectivity index (χ0n) is 18.8. The van der Waals surface area contributed by atoms with E-state index >= 15 is 0 Å². The third-order valence-corrected chi connectivity index (χ3v) is 6.21. The number of pyridine rings is 1. The van der Waals surface area contributed by atoms with E-state index in [4.69, 9.17) is 0 Å². The molecule has 4 heterocycles. The van der Waals surface area contributed by atoms with Gasteiger partial charge in [-0.3, -0.25) is 14.9 Å². The Kier molecular flexibility index (Phi) is 5.77. The Morgan fingerprint density at radius 2 is 1.94 bits per heavy atom. The van der Waals surface area contributed by atoms with Crippen molar-refractivity contribution in [2.75, 3.05) is 5.32 Å². The first-order valence-corrected chi connectivity index (χ1v) is 11.4. The van der Waals surface area contributed by atoms with Crippen LogP contribution in [-0.4, -0.2) is 47.8 Å². The highest BCUT2D eigenvalue weighted by Crippen LogP contribution is 2.32. The summed E-state index contributed by atoms with van der Waals surface area (Å²) in [7, 11) is 0. The van der Waals surface area contributed by atoms with Crippen molar-refractivity contribution < 1.29 is 4.79 Å². The van der Waals surface area contributed by atoms with Crippen LogP contribution in [0.15, 0.2) is 49.3 Å². The first-order valence-electron chi connectivity index (χ1n) is 11.4. The van der Waals surface area contributed by atoms with Crippen LogP contribution in [0.1, 0.15) is 61.6 Å². The molecule has 9 heteroatoms. The maximum atomic E-state index is 13.3. The third-order valence-electron chi connectivity index (χ3n) is 6.21. The molecule has 1 fully saturated rings. The van der Waals surface area contributed by atoms with Gasteiger partial charge < -0.3 is 10.6 Å². The fourth-order valence-electron chi connectivity index (χ4n) is 4.56. The molecule has 0 radical (unpaired) electrons. The van der Waals surface area contributed by atoms with E-state index in [0.717, 1.165) is 53.8 Å². The number of anilines is 1. The van der Waals surface area contributed by atoms with E-state index in [-0.39, 0.29) is 18.0 Å². The minimum atomic E-state index is -0.0945. The number of amides is 1. The molecule has 0 atom stereocenters. The summed E-state index contributed by atoms with van der Waals surface area (Å²) in [5, 5.41) is 18.2. The van der Waals surface area contributed by atoms with Gasteiger partial charge in [-0.25, -0.2) is 9.50 Å². The Balaban J connectivity index is 1.38. The molecule has 170 valence electrons. The van der Waals surface area contributed by atoms with Gasteiger partial charge in [0.1, 0.15) is 12.2 Å². The Bertz CT molecular complexity index is 1220. The lowest BCUT2D eigenvalue weighted by Crippen LogP contribution is -2.38. The van der Waals surface area contributed by atoms with Crippen molar-refractivity contribution in [1.82, 2.24) is 35.1 Å². The summed E-state index contributed by atoms with van der Waals surface area (Å²) in [6.07, 6.45) is 12.5. The van der Waals surface area contributed by atoms with Gasteiger partial charge in [-0.2, -0.15) is 10.2 Å². The van der Waals surface area contributed by atoms with Gasteiger partial charge in [0, 0.05) is 42.2 Å². The first kappa shape index (κ1) is 21.1. The molecule has 0 aromatic carbocycles. The maximum absolute atomic E-state index is 13.3. The van der Waals surface area contributed by atoms with Crippen molar-refractivity contribution >= 4 is 17.1 Å². The molecule has 9 nitrogen and oxygen atoms in total. The van der Waals surface area contributed by atoms with E-state index in [0.29, 0.717) is 11.5 Å². The molecule has 1 saturated carbocycles. The van der Waals surface area contributed by atoms with Crippen molar-refractivity contribution in [3.8, 4) is 11.1 Å². The minimum absolute atomic E-state index is 0.0945. The van der Waals surface area contributed by atoms with Crippen molar-refractivity contribution in [3.63, 3.8) is 0 Å². The van der Waals surface area contributed by atoms with Crippen LogP contribution in [0.2, 0.25) is 0 Å². The zero-order valence-corrected chi connectivity index (χ0v) is 18.8. The van der Waals surface area contributed by atoms with Crippen molar-refractivity contribution in [2.45, 2.75) is 57.5 Å². The number of aromatic amines is 1. The first-order chi connectivity index (χ1) is 16.1. The summed E-state index contributed by atoms with van der Waals surface area (Å²) in [5.74, 6) is 1.23. The fourth-order valence-corrected chi connectivity index (χ4v) is 4.56. The SMILES string of the molecule is CC(C)Nc1c(C(=O)NC2CCC(c3ncn[nH]3)CC2)cnn2cc(-c3ccncc3)cc12. The predicted molar refractivity (Wildman–Crippen MR) is 126 cm³/mol. The minimum Gasteiger partial charge on any atom is -0.380 e. The van der Waals surface area contributed by atoms with Crippen molar-refractivity contribution in [3.05, 3.63) is 60.7 Å². The molecule has 0 unspecified atom stereocenters. The number of H-pyrrole nitrogens is 1. The van der Waals surface area contributed by atoms with E-state index in [2.05, 4.69) is 55.8 Å². The van der Waals surface area contributed by atoms with Crippen molar-refractivity contribution in [2.24, 2.45) is 0 Å². The normalized spacial score (nSPS) is 18.5. The van der Waals surface area contributed by atoms with Crippen LogP contribution >= 0.6 is 0 Å².